The first-order chi connectivity index (χ1) is 10.6. The lowest BCUT2D eigenvalue weighted by molar-refractivity contribution is 1.18. The zero-order valence-corrected chi connectivity index (χ0v) is 14.0. The van der Waals surface area contributed by atoms with Crippen molar-refractivity contribution >= 4 is 33.1 Å². The number of anilines is 1. The predicted octanol–water partition coefficient (Wildman–Crippen LogP) is 4.45. The highest BCUT2D eigenvalue weighted by Gasteiger charge is 2.11. The third-order valence-corrected chi connectivity index (χ3v) is 4.88. The van der Waals surface area contributed by atoms with Crippen molar-refractivity contribution in [1.82, 2.24) is 9.97 Å². The van der Waals surface area contributed by atoms with Crippen LogP contribution in [0.3, 0.4) is 0 Å². The van der Waals surface area contributed by atoms with Gasteiger partial charge in [0.2, 0.25) is 0 Å². The molecule has 2 aromatic heterocycles. The first-order valence-corrected chi connectivity index (χ1v) is 7.96. The highest BCUT2D eigenvalue weighted by molar-refractivity contribution is 7.18. The second-order valence-corrected chi connectivity index (χ2v) is 6.56. The molecule has 0 aliphatic heterocycles. The summed E-state index contributed by atoms with van der Waals surface area (Å²) in [5, 5.41) is 5.54. The lowest BCUT2D eigenvalue weighted by Crippen LogP contribution is -2.01. The third-order valence-electron chi connectivity index (χ3n) is 3.76. The zero-order chi connectivity index (χ0) is 15.7. The number of hydrazone groups is 1. The molecule has 112 valence electrons. The van der Waals surface area contributed by atoms with E-state index < -0.39 is 0 Å². The maximum absolute atomic E-state index is 4.48. The van der Waals surface area contributed by atoms with Crippen LogP contribution in [0.2, 0.25) is 0 Å². The van der Waals surface area contributed by atoms with Crippen LogP contribution in [0.15, 0.2) is 35.7 Å². The van der Waals surface area contributed by atoms with E-state index in [9.17, 15) is 0 Å². The molecule has 0 atom stereocenters. The summed E-state index contributed by atoms with van der Waals surface area (Å²) in [6.07, 6.45) is 1.58. The molecule has 22 heavy (non-hydrogen) atoms. The summed E-state index contributed by atoms with van der Waals surface area (Å²) in [5.41, 5.74) is 7.58. The van der Waals surface area contributed by atoms with Gasteiger partial charge in [-0.1, -0.05) is 29.8 Å². The largest absolute Gasteiger partial charge is 0.260 e. The summed E-state index contributed by atoms with van der Waals surface area (Å²) in [6, 6.07) is 8.32. The Hall–Kier alpha value is -2.27. The quantitative estimate of drug-likeness (QED) is 0.574. The van der Waals surface area contributed by atoms with E-state index >= 15 is 0 Å². The number of rotatable bonds is 3. The fourth-order valence-electron chi connectivity index (χ4n) is 2.26. The van der Waals surface area contributed by atoms with Crippen molar-refractivity contribution in [3.05, 3.63) is 52.2 Å². The molecule has 2 heterocycles. The molecule has 0 fully saturated rings. The van der Waals surface area contributed by atoms with E-state index in [2.05, 4.69) is 65.5 Å². The van der Waals surface area contributed by atoms with E-state index in [-0.39, 0.29) is 0 Å². The lowest BCUT2D eigenvalue weighted by atomic mass is 10.1. The lowest BCUT2D eigenvalue weighted by Gasteiger charge is -2.05. The van der Waals surface area contributed by atoms with Gasteiger partial charge in [-0.15, -0.1) is 11.3 Å². The number of fused-ring (bicyclic) bond motifs is 1. The second kappa shape index (κ2) is 5.85. The number of nitrogens with one attached hydrogen (secondary N) is 1. The molecule has 0 unspecified atom stereocenters. The number of hydrogen-bond donors (Lipinski definition) is 1. The van der Waals surface area contributed by atoms with Crippen molar-refractivity contribution in [3.8, 4) is 0 Å². The van der Waals surface area contributed by atoms with Gasteiger partial charge in [0, 0.05) is 4.88 Å². The number of hydrogen-bond acceptors (Lipinski definition) is 5. The summed E-state index contributed by atoms with van der Waals surface area (Å²) in [5.74, 6) is 0.762. The molecule has 3 aromatic rings. The standard InChI is InChI=1S/C17H18N4S/c1-10-5-7-14(8-6-10)12(3)20-21-16-15-11(2)13(4)22-17(15)19-9-18-16/h5-9H,1-4H3,(H,18,19,21)/b20-12+. The Labute approximate surface area is 133 Å². The normalized spacial score (nSPS) is 11.9. The van der Waals surface area contributed by atoms with E-state index in [0.717, 1.165) is 27.3 Å². The minimum atomic E-state index is 0.762. The van der Waals surface area contributed by atoms with Gasteiger partial charge in [-0.2, -0.15) is 5.10 Å². The van der Waals surface area contributed by atoms with Crippen LogP contribution >= 0.6 is 11.3 Å². The van der Waals surface area contributed by atoms with Crippen LogP contribution in [0.25, 0.3) is 10.2 Å². The summed E-state index contributed by atoms with van der Waals surface area (Å²) in [4.78, 5) is 10.9. The molecule has 0 saturated heterocycles. The Kier molecular flexibility index (Phi) is 3.90. The van der Waals surface area contributed by atoms with Crippen LogP contribution in [0, 0.1) is 20.8 Å². The van der Waals surface area contributed by atoms with Gasteiger partial charge in [0.1, 0.15) is 11.2 Å². The van der Waals surface area contributed by atoms with Gasteiger partial charge in [-0.3, -0.25) is 5.43 Å². The molecule has 0 bridgehead atoms. The van der Waals surface area contributed by atoms with Gasteiger partial charge >= 0.3 is 0 Å². The Balaban J connectivity index is 1.93. The molecule has 1 N–H and O–H groups in total. The minimum absolute atomic E-state index is 0.762. The van der Waals surface area contributed by atoms with Crippen LogP contribution < -0.4 is 5.43 Å². The number of nitrogens with zero attached hydrogens (tertiary/aromatic N) is 3. The maximum atomic E-state index is 4.48. The third kappa shape index (κ3) is 2.72. The molecule has 4 nitrogen and oxygen atoms in total. The molecule has 0 saturated carbocycles. The van der Waals surface area contributed by atoms with Gasteiger partial charge in [0.15, 0.2) is 5.82 Å². The van der Waals surface area contributed by atoms with Gasteiger partial charge in [0.25, 0.3) is 0 Å². The molecule has 0 aliphatic rings. The smallest absolute Gasteiger partial charge is 0.158 e. The number of aromatic nitrogens is 2. The van der Waals surface area contributed by atoms with Crippen LogP contribution in [-0.4, -0.2) is 15.7 Å². The fraction of sp³-hybridized carbons (Fsp3) is 0.235. The average Bonchev–Trinajstić information content (AvgIpc) is 2.81. The van der Waals surface area contributed by atoms with E-state index in [4.69, 9.17) is 0 Å². The van der Waals surface area contributed by atoms with E-state index in [1.807, 2.05) is 6.92 Å². The van der Waals surface area contributed by atoms with Gasteiger partial charge < -0.3 is 0 Å². The summed E-state index contributed by atoms with van der Waals surface area (Å²) in [6.45, 7) is 8.26. The van der Waals surface area contributed by atoms with Crippen molar-refractivity contribution < 1.29 is 0 Å². The van der Waals surface area contributed by atoms with Gasteiger partial charge in [-0.25, -0.2) is 9.97 Å². The van der Waals surface area contributed by atoms with Crippen LogP contribution in [0.4, 0.5) is 5.82 Å². The Morgan fingerprint density at radius 3 is 2.55 bits per heavy atom. The Morgan fingerprint density at radius 1 is 1.09 bits per heavy atom. The monoisotopic (exact) mass is 310 g/mol. The molecule has 0 aliphatic carbocycles. The van der Waals surface area contributed by atoms with Crippen LogP contribution in [0.1, 0.15) is 28.5 Å². The van der Waals surface area contributed by atoms with Crippen molar-refractivity contribution in [2.24, 2.45) is 5.10 Å². The molecule has 0 amide bonds. The highest BCUT2D eigenvalue weighted by Crippen LogP contribution is 2.32. The van der Waals surface area contributed by atoms with Crippen molar-refractivity contribution in [1.29, 1.82) is 0 Å². The summed E-state index contributed by atoms with van der Waals surface area (Å²) >= 11 is 1.69. The SMILES string of the molecule is C/C(=N\Nc1ncnc2sc(C)c(C)c12)c1ccc(C)cc1. The molecule has 0 radical (unpaired) electrons. The maximum Gasteiger partial charge on any atom is 0.158 e. The summed E-state index contributed by atoms with van der Waals surface area (Å²) in [7, 11) is 0. The van der Waals surface area contributed by atoms with Crippen LogP contribution in [0.5, 0.6) is 0 Å². The van der Waals surface area contributed by atoms with E-state index in [0.29, 0.717) is 0 Å². The topological polar surface area (TPSA) is 50.2 Å². The van der Waals surface area contributed by atoms with Crippen LogP contribution in [-0.2, 0) is 0 Å². The van der Waals surface area contributed by atoms with Gasteiger partial charge in [-0.05, 0) is 38.8 Å². The molecule has 1 aromatic carbocycles. The molecule has 5 heteroatoms. The van der Waals surface area contributed by atoms with Crippen molar-refractivity contribution in [2.45, 2.75) is 27.7 Å². The molecular formula is C17H18N4S. The first kappa shape index (κ1) is 14.7. The Bertz CT molecular complexity index is 847. The number of thiophene rings is 1. The van der Waals surface area contributed by atoms with Crippen molar-refractivity contribution in [2.75, 3.05) is 5.43 Å². The minimum Gasteiger partial charge on any atom is -0.260 e. The Morgan fingerprint density at radius 2 is 1.82 bits per heavy atom. The molecule has 3 rings (SSSR count). The fourth-order valence-corrected chi connectivity index (χ4v) is 3.26. The average molecular weight is 310 g/mol. The highest BCUT2D eigenvalue weighted by atomic mass is 32.1. The molecule has 0 spiro atoms. The number of benzene rings is 1. The number of aryl methyl sites for hydroxylation is 3. The zero-order valence-electron chi connectivity index (χ0n) is 13.1. The predicted molar refractivity (Wildman–Crippen MR) is 93.9 cm³/mol. The van der Waals surface area contributed by atoms with E-state index in [1.54, 1.807) is 17.7 Å². The summed E-state index contributed by atoms with van der Waals surface area (Å²) < 4.78 is 0. The second-order valence-electron chi connectivity index (χ2n) is 5.36. The van der Waals surface area contributed by atoms with Gasteiger partial charge in [0.05, 0.1) is 11.1 Å². The molecular weight excluding hydrogens is 292 g/mol. The van der Waals surface area contributed by atoms with E-state index in [1.165, 1.54) is 16.0 Å². The van der Waals surface area contributed by atoms with Crippen molar-refractivity contribution in [3.63, 3.8) is 0 Å². The first-order valence-electron chi connectivity index (χ1n) is 7.14.